The number of rotatable bonds is 7. The maximum Gasteiger partial charge on any atom is 0.251 e. The number of amides is 2. The Morgan fingerprint density at radius 3 is 2.45 bits per heavy atom. The lowest BCUT2D eigenvalue weighted by atomic mass is 9.91. The van der Waals surface area contributed by atoms with Gasteiger partial charge in [-0.3, -0.25) is 9.59 Å². The number of nitrogens with zero attached hydrogens (tertiary/aromatic N) is 1. The molecule has 1 aliphatic carbocycles. The molecule has 0 aromatic heterocycles. The first-order valence-electron chi connectivity index (χ1n) is 11.4. The summed E-state index contributed by atoms with van der Waals surface area (Å²) in [5, 5.41) is 2.89. The lowest BCUT2D eigenvalue weighted by Gasteiger charge is -2.35. The number of carbonyl (C=O) groups is 2. The third kappa shape index (κ3) is 4.92. The van der Waals surface area contributed by atoms with Crippen molar-refractivity contribution < 1.29 is 14.3 Å². The molecule has 1 saturated heterocycles. The highest BCUT2D eigenvalue weighted by molar-refractivity contribution is 5.94. The number of carbonyl (C=O) groups excluding carboxylic acids is 2. The molecule has 1 N–H and O–H groups in total. The van der Waals surface area contributed by atoms with E-state index in [4.69, 9.17) is 4.74 Å². The second-order valence-corrected chi connectivity index (χ2v) is 9.17. The molecule has 4 rings (SSSR count). The van der Waals surface area contributed by atoms with Crippen LogP contribution in [-0.2, 0) is 10.2 Å². The van der Waals surface area contributed by atoms with Crippen molar-refractivity contribution in [3.05, 3.63) is 65.7 Å². The summed E-state index contributed by atoms with van der Waals surface area (Å²) < 4.78 is 6.01. The van der Waals surface area contributed by atoms with E-state index in [1.54, 1.807) is 12.1 Å². The molecule has 5 nitrogen and oxygen atoms in total. The Hall–Kier alpha value is -2.82. The number of hydrogen-bond acceptors (Lipinski definition) is 3. The van der Waals surface area contributed by atoms with Gasteiger partial charge in [0.15, 0.2) is 0 Å². The fourth-order valence-corrected chi connectivity index (χ4v) is 4.46. The monoisotopic (exact) mass is 420 g/mol. The Balaban J connectivity index is 1.31. The Kier molecular flexibility index (Phi) is 6.30. The number of benzene rings is 2. The van der Waals surface area contributed by atoms with Gasteiger partial charge in [0, 0.05) is 30.6 Å². The Bertz CT molecular complexity index is 904. The fraction of sp³-hybridized carbons (Fsp3) is 0.462. The van der Waals surface area contributed by atoms with Crippen molar-refractivity contribution in [1.82, 2.24) is 10.2 Å². The van der Waals surface area contributed by atoms with Crippen molar-refractivity contribution in [1.29, 1.82) is 0 Å². The molecule has 1 heterocycles. The lowest BCUT2D eigenvalue weighted by Crippen LogP contribution is -2.46. The predicted molar refractivity (Wildman–Crippen MR) is 121 cm³/mol. The number of ether oxygens (including phenoxy) is 1. The first kappa shape index (κ1) is 21.4. The topological polar surface area (TPSA) is 58.6 Å². The first-order chi connectivity index (χ1) is 15.0. The van der Waals surface area contributed by atoms with Crippen LogP contribution in [0.15, 0.2) is 54.6 Å². The molecule has 2 aromatic carbocycles. The standard InChI is InChI=1S/C26H32N2O3/c1-19(2)27-24(29)21-10-12-23(13-11-21)31-18-20-7-6-16-28(17-20)25(30)26(14-15-26)22-8-4-3-5-9-22/h3-5,8-13,19-20H,6-7,14-18H2,1-2H3,(H,27,29)/t20-/m1/s1. The van der Waals surface area contributed by atoms with E-state index in [-0.39, 0.29) is 23.3 Å². The fourth-order valence-electron chi connectivity index (χ4n) is 4.46. The van der Waals surface area contributed by atoms with E-state index in [2.05, 4.69) is 22.3 Å². The van der Waals surface area contributed by atoms with Gasteiger partial charge in [0.2, 0.25) is 5.91 Å². The molecule has 2 aromatic rings. The number of piperidine rings is 1. The third-order valence-corrected chi connectivity index (χ3v) is 6.31. The van der Waals surface area contributed by atoms with Gasteiger partial charge in [0.1, 0.15) is 5.75 Å². The second-order valence-electron chi connectivity index (χ2n) is 9.17. The summed E-state index contributed by atoms with van der Waals surface area (Å²) in [7, 11) is 0. The van der Waals surface area contributed by atoms with Crippen LogP contribution in [0.5, 0.6) is 5.75 Å². The number of likely N-dealkylation sites (tertiary alicyclic amines) is 1. The maximum atomic E-state index is 13.3. The molecular formula is C26H32N2O3. The van der Waals surface area contributed by atoms with Crippen molar-refractivity contribution in [2.24, 2.45) is 5.92 Å². The van der Waals surface area contributed by atoms with Crippen LogP contribution in [-0.4, -0.2) is 42.5 Å². The highest BCUT2D eigenvalue weighted by Crippen LogP contribution is 2.49. The summed E-state index contributed by atoms with van der Waals surface area (Å²) >= 11 is 0. The van der Waals surface area contributed by atoms with E-state index in [1.807, 2.05) is 44.2 Å². The minimum atomic E-state index is -0.295. The SMILES string of the molecule is CC(C)NC(=O)c1ccc(OC[C@@H]2CCCN(C(=O)C3(c4ccccc4)CC3)C2)cc1. The van der Waals surface area contributed by atoms with E-state index in [9.17, 15) is 9.59 Å². The van der Waals surface area contributed by atoms with E-state index >= 15 is 0 Å². The molecule has 0 unspecified atom stereocenters. The summed E-state index contributed by atoms with van der Waals surface area (Å²) in [6, 6.07) is 17.6. The van der Waals surface area contributed by atoms with Crippen LogP contribution in [0.3, 0.4) is 0 Å². The summed E-state index contributed by atoms with van der Waals surface area (Å²) in [5.74, 6) is 1.29. The summed E-state index contributed by atoms with van der Waals surface area (Å²) in [6.07, 6.45) is 3.98. The van der Waals surface area contributed by atoms with Crippen LogP contribution in [0.4, 0.5) is 0 Å². The van der Waals surface area contributed by atoms with E-state index in [0.717, 1.165) is 50.1 Å². The largest absolute Gasteiger partial charge is 0.493 e. The second kappa shape index (κ2) is 9.13. The van der Waals surface area contributed by atoms with Crippen LogP contribution in [0.25, 0.3) is 0 Å². The highest BCUT2D eigenvalue weighted by atomic mass is 16.5. The normalized spacial score (nSPS) is 19.7. The van der Waals surface area contributed by atoms with Gasteiger partial charge in [-0.1, -0.05) is 30.3 Å². The Labute approximate surface area is 184 Å². The van der Waals surface area contributed by atoms with Crippen molar-refractivity contribution in [3.8, 4) is 5.75 Å². The van der Waals surface area contributed by atoms with Gasteiger partial charge >= 0.3 is 0 Å². The molecule has 31 heavy (non-hydrogen) atoms. The van der Waals surface area contributed by atoms with E-state index in [1.165, 1.54) is 0 Å². The molecule has 2 amide bonds. The Morgan fingerprint density at radius 2 is 1.81 bits per heavy atom. The summed E-state index contributed by atoms with van der Waals surface area (Å²) in [6.45, 7) is 6.06. The van der Waals surface area contributed by atoms with E-state index in [0.29, 0.717) is 18.1 Å². The van der Waals surface area contributed by atoms with Crippen molar-refractivity contribution in [2.45, 2.75) is 51.0 Å². The van der Waals surface area contributed by atoms with Gasteiger partial charge in [0.25, 0.3) is 5.91 Å². The van der Waals surface area contributed by atoms with Crippen LogP contribution in [0, 0.1) is 5.92 Å². The van der Waals surface area contributed by atoms with Crippen molar-refractivity contribution >= 4 is 11.8 Å². The average molecular weight is 421 g/mol. The molecule has 1 aliphatic heterocycles. The molecule has 1 saturated carbocycles. The predicted octanol–water partition coefficient (Wildman–Crippen LogP) is 4.17. The number of hydrogen-bond donors (Lipinski definition) is 1. The molecule has 0 spiro atoms. The zero-order chi connectivity index (χ0) is 21.8. The summed E-state index contributed by atoms with van der Waals surface area (Å²) in [4.78, 5) is 27.5. The molecule has 2 aliphatic rings. The highest BCUT2D eigenvalue weighted by Gasteiger charge is 2.53. The molecule has 2 fully saturated rings. The average Bonchev–Trinajstić information content (AvgIpc) is 3.60. The minimum Gasteiger partial charge on any atom is -0.493 e. The molecule has 5 heteroatoms. The molecule has 1 atom stereocenters. The quantitative estimate of drug-likeness (QED) is 0.731. The van der Waals surface area contributed by atoms with Gasteiger partial charge in [-0.2, -0.15) is 0 Å². The number of nitrogens with one attached hydrogen (secondary N) is 1. The Morgan fingerprint density at radius 1 is 1.10 bits per heavy atom. The van der Waals surface area contributed by atoms with Crippen molar-refractivity contribution in [2.75, 3.05) is 19.7 Å². The van der Waals surface area contributed by atoms with E-state index < -0.39 is 0 Å². The summed E-state index contributed by atoms with van der Waals surface area (Å²) in [5.41, 5.74) is 1.49. The van der Waals surface area contributed by atoms with Crippen LogP contribution >= 0.6 is 0 Å². The van der Waals surface area contributed by atoms with Gasteiger partial charge in [-0.25, -0.2) is 0 Å². The molecule has 0 radical (unpaired) electrons. The minimum absolute atomic E-state index is 0.0737. The van der Waals surface area contributed by atoms with Gasteiger partial charge in [-0.15, -0.1) is 0 Å². The van der Waals surface area contributed by atoms with Crippen LogP contribution in [0.1, 0.15) is 55.5 Å². The lowest BCUT2D eigenvalue weighted by molar-refractivity contribution is -0.136. The van der Waals surface area contributed by atoms with Gasteiger partial charge in [-0.05, 0) is 69.4 Å². The maximum absolute atomic E-state index is 13.3. The van der Waals surface area contributed by atoms with Crippen LogP contribution < -0.4 is 10.1 Å². The molecule has 0 bridgehead atoms. The molecular weight excluding hydrogens is 388 g/mol. The van der Waals surface area contributed by atoms with Gasteiger partial charge < -0.3 is 15.0 Å². The van der Waals surface area contributed by atoms with Gasteiger partial charge in [0.05, 0.1) is 12.0 Å². The smallest absolute Gasteiger partial charge is 0.251 e. The first-order valence-corrected chi connectivity index (χ1v) is 11.4. The van der Waals surface area contributed by atoms with Crippen LogP contribution in [0.2, 0.25) is 0 Å². The zero-order valence-corrected chi connectivity index (χ0v) is 18.5. The molecule has 164 valence electrons. The third-order valence-electron chi connectivity index (χ3n) is 6.31. The van der Waals surface area contributed by atoms with Crippen molar-refractivity contribution in [3.63, 3.8) is 0 Å². The zero-order valence-electron chi connectivity index (χ0n) is 18.5.